The van der Waals surface area contributed by atoms with E-state index in [9.17, 15) is 15.0 Å². The highest BCUT2D eigenvalue weighted by Crippen LogP contribution is 2.15. The quantitative estimate of drug-likeness (QED) is 0.0707. The van der Waals surface area contributed by atoms with E-state index in [0.29, 0.717) is 6.42 Å². The van der Waals surface area contributed by atoms with Gasteiger partial charge < -0.3 is 15.5 Å². The van der Waals surface area contributed by atoms with Crippen LogP contribution >= 0.6 is 0 Å². The molecular formula is C33H65NO3. The van der Waals surface area contributed by atoms with Gasteiger partial charge in [0.05, 0.1) is 18.8 Å². The van der Waals surface area contributed by atoms with E-state index in [0.717, 1.165) is 31.6 Å². The molecule has 0 radical (unpaired) electrons. The standard InChI is InChI=1S/C33H65NO3/c1-4-6-7-8-9-10-11-12-13-14-19-22-25-28-33(37)34-31(29-35)32(36)27-24-21-18-16-15-17-20-23-26-30(3)5-2/h24,27,30-32,35-36H,4-23,25-26,28-29H2,1-3H3,(H,34,37)/b27-24+/t30?,31-,32+/m0/s1. The van der Waals surface area contributed by atoms with Crippen LogP contribution in [-0.4, -0.2) is 34.9 Å². The van der Waals surface area contributed by atoms with E-state index in [1.54, 1.807) is 6.08 Å². The fraction of sp³-hybridized carbons (Fsp3) is 0.909. The zero-order chi connectivity index (χ0) is 27.4. The summed E-state index contributed by atoms with van der Waals surface area (Å²) in [5.74, 6) is 0.797. The van der Waals surface area contributed by atoms with Crippen LogP contribution in [0.5, 0.6) is 0 Å². The lowest BCUT2D eigenvalue weighted by molar-refractivity contribution is -0.123. The van der Waals surface area contributed by atoms with Crippen molar-refractivity contribution in [2.75, 3.05) is 6.61 Å². The van der Waals surface area contributed by atoms with E-state index in [2.05, 4.69) is 26.1 Å². The third kappa shape index (κ3) is 25.2. The van der Waals surface area contributed by atoms with E-state index in [1.807, 2.05) is 6.08 Å². The molecule has 4 heteroatoms. The number of aliphatic hydroxyl groups excluding tert-OH is 2. The first kappa shape index (κ1) is 36.1. The van der Waals surface area contributed by atoms with Crippen LogP contribution in [0.3, 0.4) is 0 Å². The molecule has 0 aromatic carbocycles. The van der Waals surface area contributed by atoms with Gasteiger partial charge in [0.15, 0.2) is 0 Å². The predicted molar refractivity (Wildman–Crippen MR) is 161 cm³/mol. The Morgan fingerprint density at radius 3 is 1.73 bits per heavy atom. The summed E-state index contributed by atoms with van der Waals surface area (Å²) in [5, 5.41) is 22.8. The van der Waals surface area contributed by atoms with Crippen LogP contribution < -0.4 is 5.32 Å². The fourth-order valence-electron chi connectivity index (χ4n) is 4.86. The largest absolute Gasteiger partial charge is 0.394 e. The maximum atomic E-state index is 12.2. The summed E-state index contributed by atoms with van der Waals surface area (Å²) in [6.07, 6.45) is 31.3. The third-order valence-corrected chi connectivity index (χ3v) is 7.81. The number of allylic oxidation sites excluding steroid dienone is 1. The lowest BCUT2D eigenvalue weighted by Gasteiger charge is -2.20. The second-order valence-electron chi connectivity index (χ2n) is 11.5. The summed E-state index contributed by atoms with van der Waals surface area (Å²) in [7, 11) is 0. The molecule has 3 N–H and O–H groups in total. The number of unbranched alkanes of at least 4 members (excludes halogenated alkanes) is 18. The van der Waals surface area contributed by atoms with Gasteiger partial charge in [-0.15, -0.1) is 0 Å². The van der Waals surface area contributed by atoms with Crippen molar-refractivity contribution in [3.05, 3.63) is 12.2 Å². The molecule has 0 aliphatic carbocycles. The number of carbonyl (C=O) groups is 1. The van der Waals surface area contributed by atoms with E-state index >= 15 is 0 Å². The first-order valence-corrected chi connectivity index (χ1v) is 16.3. The Bertz CT molecular complexity index is 508. The van der Waals surface area contributed by atoms with Crippen molar-refractivity contribution in [2.24, 2.45) is 5.92 Å². The van der Waals surface area contributed by atoms with Crippen LogP contribution in [0.15, 0.2) is 12.2 Å². The molecule has 0 aliphatic heterocycles. The zero-order valence-corrected chi connectivity index (χ0v) is 25.2. The minimum atomic E-state index is -0.832. The number of carbonyl (C=O) groups excluding carboxylic acids is 1. The van der Waals surface area contributed by atoms with Gasteiger partial charge in [-0.3, -0.25) is 4.79 Å². The van der Waals surface area contributed by atoms with Crippen molar-refractivity contribution >= 4 is 5.91 Å². The molecule has 0 aromatic rings. The monoisotopic (exact) mass is 523 g/mol. The molecule has 0 bridgehead atoms. The molecule has 4 nitrogen and oxygen atoms in total. The smallest absolute Gasteiger partial charge is 0.220 e. The summed E-state index contributed by atoms with van der Waals surface area (Å²) >= 11 is 0. The molecular weight excluding hydrogens is 458 g/mol. The summed E-state index contributed by atoms with van der Waals surface area (Å²) in [6.45, 7) is 6.63. The first-order valence-electron chi connectivity index (χ1n) is 16.3. The van der Waals surface area contributed by atoms with Crippen LogP contribution in [0.25, 0.3) is 0 Å². The highest BCUT2D eigenvalue weighted by atomic mass is 16.3. The summed E-state index contributed by atoms with van der Waals surface area (Å²) in [5.41, 5.74) is 0. The number of hydrogen-bond donors (Lipinski definition) is 3. The van der Waals surface area contributed by atoms with Crippen molar-refractivity contribution in [3.63, 3.8) is 0 Å². The van der Waals surface area contributed by atoms with Crippen LogP contribution in [0, 0.1) is 5.92 Å². The average molecular weight is 524 g/mol. The Balaban J connectivity index is 3.67. The molecule has 3 atom stereocenters. The zero-order valence-electron chi connectivity index (χ0n) is 25.2. The third-order valence-electron chi connectivity index (χ3n) is 7.81. The van der Waals surface area contributed by atoms with Crippen LogP contribution in [0.4, 0.5) is 0 Å². The van der Waals surface area contributed by atoms with Gasteiger partial charge in [0.2, 0.25) is 5.91 Å². The molecule has 0 heterocycles. The van der Waals surface area contributed by atoms with Crippen molar-refractivity contribution in [3.8, 4) is 0 Å². The highest BCUT2D eigenvalue weighted by Gasteiger charge is 2.17. The maximum absolute atomic E-state index is 12.2. The SMILES string of the molecule is CCCCCCCCCCCCCCCC(=O)N[C@@H](CO)[C@H](O)/C=C/CCCCCCCCC(C)CC. The Kier molecular flexibility index (Phi) is 27.5. The first-order chi connectivity index (χ1) is 18.0. The Morgan fingerprint density at radius 1 is 0.730 bits per heavy atom. The average Bonchev–Trinajstić information content (AvgIpc) is 2.90. The number of hydrogen-bond acceptors (Lipinski definition) is 3. The summed E-state index contributed by atoms with van der Waals surface area (Å²) < 4.78 is 0. The van der Waals surface area contributed by atoms with E-state index < -0.39 is 12.1 Å². The van der Waals surface area contributed by atoms with Crippen molar-refractivity contribution < 1.29 is 15.0 Å². The molecule has 0 aliphatic rings. The second-order valence-corrected chi connectivity index (χ2v) is 11.5. The molecule has 0 aromatic heterocycles. The van der Waals surface area contributed by atoms with Crippen LogP contribution in [-0.2, 0) is 4.79 Å². The molecule has 0 spiro atoms. The topological polar surface area (TPSA) is 69.6 Å². The van der Waals surface area contributed by atoms with Gasteiger partial charge in [-0.05, 0) is 25.2 Å². The van der Waals surface area contributed by atoms with Gasteiger partial charge >= 0.3 is 0 Å². The minimum Gasteiger partial charge on any atom is -0.394 e. The molecule has 0 rings (SSSR count). The van der Waals surface area contributed by atoms with Gasteiger partial charge in [0.25, 0.3) is 0 Å². The second kappa shape index (κ2) is 28.1. The van der Waals surface area contributed by atoms with Gasteiger partial charge in [0.1, 0.15) is 0 Å². The summed E-state index contributed by atoms with van der Waals surface area (Å²) in [6, 6.07) is -0.615. The molecule has 0 fully saturated rings. The lowest BCUT2D eigenvalue weighted by atomic mass is 10.00. The normalized spacial score (nSPS) is 14.2. The molecule has 0 saturated heterocycles. The number of aliphatic hydroxyl groups is 2. The van der Waals surface area contributed by atoms with Gasteiger partial charge in [-0.25, -0.2) is 0 Å². The lowest BCUT2D eigenvalue weighted by Crippen LogP contribution is -2.45. The fourth-order valence-corrected chi connectivity index (χ4v) is 4.86. The molecule has 37 heavy (non-hydrogen) atoms. The van der Waals surface area contributed by atoms with Gasteiger partial charge in [0, 0.05) is 6.42 Å². The van der Waals surface area contributed by atoms with Crippen LogP contribution in [0.2, 0.25) is 0 Å². The Hall–Kier alpha value is -0.870. The number of rotatable bonds is 28. The van der Waals surface area contributed by atoms with E-state index in [-0.39, 0.29) is 12.5 Å². The molecule has 220 valence electrons. The van der Waals surface area contributed by atoms with E-state index in [1.165, 1.54) is 116 Å². The van der Waals surface area contributed by atoms with Crippen molar-refractivity contribution in [2.45, 2.75) is 181 Å². The summed E-state index contributed by atoms with van der Waals surface area (Å²) in [4.78, 5) is 12.2. The molecule has 0 saturated carbocycles. The molecule has 1 amide bonds. The number of nitrogens with one attached hydrogen (secondary N) is 1. The van der Waals surface area contributed by atoms with Crippen molar-refractivity contribution in [1.82, 2.24) is 5.32 Å². The van der Waals surface area contributed by atoms with Gasteiger partial charge in [-0.2, -0.15) is 0 Å². The van der Waals surface area contributed by atoms with Crippen molar-refractivity contribution in [1.29, 1.82) is 0 Å². The predicted octanol–water partition coefficient (Wildman–Crippen LogP) is 9.03. The maximum Gasteiger partial charge on any atom is 0.220 e. The number of amides is 1. The Labute approximate surface area is 231 Å². The van der Waals surface area contributed by atoms with Crippen LogP contribution in [0.1, 0.15) is 168 Å². The highest BCUT2D eigenvalue weighted by molar-refractivity contribution is 5.76. The minimum absolute atomic E-state index is 0.0668. The van der Waals surface area contributed by atoms with E-state index in [4.69, 9.17) is 0 Å². The Morgan fingerprint density at radius 2 is 1.22 bits per heavy atom. The van der Waals surface area contributed by atoms with Gasteiger partial charge in [-0.1, -0.05) is 155 Å². The molecule has 1 unspecified atom stereocenters.